The van der Waals surface area contributed by atoms with Crippen molar-refractivity contribution in [1.29, 1.82) is 0 Å². The SMILES string of the molecule is O=C(Nc1n[nH]c(-c2ccccn2)n1)c1cccc(CCc2cccnc2)c1. The molecule has 0 atom stereocenters. The first-order chi connectivity index (χ1) is 13.8. The summed E-state index contributed by atoms with van der Waals surface area (Å²) in [6.07, 6.45) is 6.99. The Kier molecular flexibility index (Phi) is 5.15. The number of hydrogen-bond donors (Lipinski definition) is 2. The molecule has 3 heterocycles. The number of nitrogens with one attached hydrogen (secondary N) is 2. The number of anilines is 1. The number of aromatic amines is 1. The van der Waals surface area contributed by atoms with Crippen molar-refractivity contribution >= 4 is 11.9 Å². The van der Waals surface area contributed by atoms with E-state index < -0.39 is 0 Å². The number of aryl methyl sites for hydroxylation is 2. The molecule has 138 valence electrons. The zero-order valence-electron chi connectivity index (χ0n) is 15.0. The quantitative estimate of drug-likeness (QED) is 0.543. The largest absolute Gasteiger partial charge is 0.289 e. The zero-order valence-corrected chi connectivity index (χ0v) is 15.0. The predicted molar refractivity (Wildman–Crippen MR) is 106 cm³/mol. The number of H-pyrrole nitrogens is 1. The van der Waals surface area contributed by atoms with Crippen molar-refractivity contribution < 1.29 is 4.79 Å². The summed E-state index contributed by atoms with van der Waals surface area (Å²) in [5, 5.41) is 9.55. The molecular weight excluding hydrogens is 352 g/mol. The van der Waals surface area contributed by atoms with Crippen molar-refractivity contribution in [2.45, 2.75) is 12.8 Å². The number of rotatable bonds is 6. The van der Waals surface area contributed by atoms with E-state index in [1.54, 1.807) is 18.5 Å². The van der Waals surface area contributed by atoms with Crippen molar-refractivity contribution in [3.63, 3.8) is 0 Å². The van der Waals surface area contributed by atoms with Crippen LogP contribution in [0, 0.1) is 0 Å². The predicted octanol–water partition coefficient (Wildman–Crippen LogP) is 3.30. The van der Waals surface area contributed by atoms with E-state index in [1.165, 1.54) is 5.56 Å². The third kappa shape index (κ3) is 4.27. The van der Waals surface area contributed by atoms with Crippen molar-refractivity contribution in [3.8, 4) is 11.5 Å². The molecule has 0 aliphatic heterocycles. The van der Waals surface area contributed by atoms with Crippen LogP contribution < -0.4 is 5.32 Å². The maximum absolute atomic E-state index is 12.6. The summed E-state index contributed by atoms with van der Waals surface area (Å²) in [4.78, 5) is 25.2. The van der Waals surface area contributed by atoms with E-state index in [9.17, 15) is 4.79 Å². The highest BCUT2D eigenvalue weighted by atomic mass is 16.1. The molecular formula is C21H18N6O. The van der Waals surface area contributed by atoms with E-state index in [2.05, 4.69) is 30.5 Å². The van der Waals surface area contributed by atoms with Crippen LogP contribution in [0.25, 0.3) is 11.5 Å². The minimum atomic E-state index is -0.255. The lowest BCUT2D eigenvalue weighted by molar-refractivity contribution is 0.102. The highest BCUT2D eigenvalue weighted by Gasteiger charge is 2.12. The molecule has 0 fully saturated rings. The average molecular weight is 370 g/mol. The molecule has 0 spiro atoms. The monoisotopic (exact) mass is 370 g/mol. The fraction of sp³-hybridized carbons (Fsp3) is 0.0952. The number of amides is 1. The van der Waals surface area contributed by atoms with Gasteiger partial charge in [-0.05, 0) is 54.3 Å². The molecule has 0 aliphatic rings. The molecule has 0 aliphatic carbocycles. The number of carbonyl (C=O) groups excluding carboxylic acids is 1. The van der Waals surface area contributed by atoms with Gasteiger partial charge in [-0.2, -0.15) is 4.98 Å². The maximum atomic E-state index is 12.6. The standard InChI is InChI=1S/C21H18N6O/c28-20(25-21-24-19(26-27-21)18-8-1-2-12-23-18)17-7-3-5-15(13-17)9-10-16-6-4-11-22-14-16/h1-8,11-14H,9-10H2,(H2,24,25,26,27,28). The molecule has 0 unspecified atom stereocenters. The molecule has 4 aromatic rings. The van der Waals surface area contributed by atoms with Gasteiger partial charge < -0.3 is 0 Å². The van der Waals surface area contributed by atoms with Crippen LogP contribution in [0.4, 0.5) is 5.95 Å². The zero-order chi connectivity index (χ0) is 19.2. The van der Waals surface area contributed by atoms with E-state index in [1.807, 2.05) is 54.7 Å². The highest BCUT2D eigenvalue weighted by Crippen LogP contribution is 2.14. The molecule has 2 N–H and O–H groups in total. The molecule has 7 heteroatoms. The Morgan fingerprint density at radius 1 is 0.964 bits per heavy atom. The lowest BCUT2D eigenvalue weighted by atomic mass is 10.0. The summed E-state index contributed by atoms with van der Waals surface area (Å²) < 4.78 is 0. The van der Waals surface area contributed by atoms with E-state index in [4.69, 9.17) is 0 Å². The van der Waals surface area contributed by atoms with Crippen molar-refractivity contribution in [2.75, 3.05) is 5.32 Å². The molecule has 1 amide bonds. The first-order valence-corrected chi connectivity index (χ1v) is 8.91. The fourth-order valence-corrected chi connectivity index (χ4v) is 2.81. The Balaban J connectivity index is 1.42. The third-order valence-corrected chi connectivity index (χ3v) is 4.23. The number of hydrogen-bond acceptors (Lipinski definition) is 5. The summed E-state index contributed by atoms with van der Waals surface area (Å²) in [6.45, 7) is 0. The van der Waals surface area contributed by atoms with Gasteiger partial charge in [-0.15, -0.1) is 5.10 Å². The summed E-state index contributed by atoms with van der Waals surface area (Å²) in [7, 11) is 0. The summed E-state index contributed by atoms with van der Waals surface area (Å²) in [5.74, 6) is 0.460. The molecule has 0 radical (unpaired) electrons. The van der Waals surface area contributed by atoms with Crippen LogP contribution in [0.2, 0.25) is 0 Å². The Labute approximate surface area is 161 Å². The Morgan fingerprint density at radius 3 is 2.68 bits per heavy atom. The minimum Gasteiger partial charge on any atom is -0.289 e. The second kappa shape index (κ2) is 8.22. The van der Waals surface area contributed by atoms with Gasteiger partial charge in [-0.3, -0.25) is 25.2 Å². The highest BCUT2D eigenvalue weighted by molar-refractivity contribution is 6.03. The lowest BCUT2D eigenvalue weighted by Gasteiger charge is -2.05. The van der Waals surface area contributed by atoms with E-state index in [0.29, 0.717) is 17.1 Å². The van der Waals surface area contributed by atoms with Gasteiger partial charge in [0.1, 0.15) is 5.69 Å². The van der Waals surface area contributed by atoms with Crippen LogP contribution in [-0.2, 0) is 12.8 Å². The van der Waals surface area contributed by atoms with Crippen LogP contribution in [0.15, 0.2) is 73.2 Å². The number of carbonyl (C=O) groups is 1. The van der Waals surface area contributed by atoms with Crippen LogP contribution in [-0.4, -0.2) is 31.1 Å². The van der Waals surface area contributed by atoms with Crippen molar-refractivity contribution in [1.82, 2.24) is 25.1 Å². The average Bonchev–Trinajstić information content (AvgIpc) is 3.22. The second-order valence-corrected chi connectivity index (χ2v) is 6.24. The van der Waals surface area contributed by atoms with Gasteiger partial charge in [0.25, 0.3) is 5.91 Å². The van der Waals surface area contributed by atoms with Crippen molar-refractivity contribution in [3.05, 3.63) is 89.9 Å². The normalized spacial score (nSPS) is 10.6. The van der Waals surface area contributed by atoms with E-state index in [0.717, 1.165) is 18.4 Å². The third-order valence-electron chi connectivity index (χ3n) is 4.23. The number of nitrogens with zero attached hydrogens (tertiary/aromatic N) is 4. The van der Waals surface area contributed by atoms with Crippen molar-refractivity contribution in [2.24, 2.45) is 0 Å². The maximum Gasteiger partial charge on any atom is 0.258 e. The van der Waals surface area contributed by atoms with Crippen LogP contribution in [0.1, 0.15) is 21.5 Å². The molecule has 3 aromatic heterocycles. The smallest absolute Gasteiger partial charge is 0.258 e. The van der Waals surface area contributed by atoms with Gasteiger partial charge in [-0.25, -0.2) is 0 Å². The van der Waals surface area contributed by atoms with Gasteiger partial charge in [0, 0.05) is 24.2 Å². The molecule has 0 bridgehead atoms. The summed E-state index contributed by atoms with van der Waals surface area (Å²) in [6, 6.07) is 17.0. The van der Waals surface area contributed by atoms with E-state index in [-0.39, 0.29) is 11.9 Å². The van der Waals surface area contributed by atoms with Gasteiger partial charge in [0.2, 0.25) is 5.95 Å². The van der Waals surface area contributed by atoms with E-state index >= 15 is 0 Å². The number of pyridine rings is 2. The summed E-state index contributed by atoms with van der Waals surface area (Å²) >= 11 is 0. The number of benzene rings is 1. The molecule has 28 heavy (non-hydrogen) atoms. The van der Waals surface area contributed by atoms with Crippen LogP contribution in [0.3, 0.4) is 0 Å². The molecule has 0 saturated heterocycles. The van der Waals surface area contributed by atoms with Gasteiger partial charge in [0.05, 0.1) is 0 Å². The Morgan fingerprint density at radius 2 is 1.86 bits per heavy atom. The number of aromatic nitrogens is 5. The molecule has 0 saturated carbocycles. The Hall–Kier alpha value is -3.87. The van der Waals surface area contributed by atoms with Crippen LogP contribution >= 0.6 is 0 Å². The van der Waals surface area contributed by atoms with Gasteiger partial charge in [-0.1, -0.05) is 24.3 Å². The van der Waals surface area contributed by atoms with Gasteiger partial charge in [0.15, 0.2) is 5.82 Å². The fourth-order valence-electron chi connectivity index (χ4n) is 2.81. The van der Waals surface area contributed by atoms with Gasteiger partial charge >= 0.3 is 0 Å². The first kappa shape index (κ1) is 17.5. The second-order valence-electron chi connectivity index (χ2n) is 6.24. The Bertz CT molecular complexity index is 1060. The topological polar surface area (TPSA) is 96.5 Å². The first-order valence-electron chi connectivity index (χ1n) is 8.91. The van der Waals surface area contributed by atoms with Crippen LogP contribution in [0.5, 0.6) is 0 Å². The minimum absolute atomic E-state index is 0.214. The molecule has 1 aromatic carbocycles. The molecule has 7 nitrogen and oxygen atoms in total. The molecule has 4 rings (SSSR count). The summed E-state index contributed by atoms with van der Waals surface area (Å²) in [5.41, 5.74) is 3.47. The lowest BCUT2D eigenvalue weighted by Crippen LogP contribution is -2.13.